The van der Waals surface area contributed by atoms with Gasteiger partial charge in [0.15, 0.2) is 6.61 Å². The van der Waals surface area contributed by atoms with Gasteiger partial charge in [0.05, 0.1) is 4.90 Å². The largest absolute Gasteiger partial charge is 0.484 e. The number of ether oxygens (including phenoxy) is 1. The Morgan fingerprint density at radius 1 is 1.11 bits per heavy atom. The molecule has 0 aliphatic rings. The molecule has 1 atom stereocenters. The standard InChI is InChI=1S/C20H26N2O4S/c1-5-16(4)21-20(23)13-26-19-11-10-18(12-15(19)3)27(24,25)22-17-8-6-14(2)7-9-17/h6-12,16,22H,5,13H2,1-4H3,(H,21,23)/t16-/m1/s1. The number of carbonyl (C=O) groups excluding carboxylic acids is 1. The summed E-state index contributed by atoms with van der Waals surface area (Å²) in [5, 5.41) is 2.82. The fourth-order valence-corrected chi connectivity index (χ4v) is 3.49. The van der Waals surface area contributed by atoms with Crippen molar-refractivity contribution in [1.29, 1.82) is 0 Å². The van der Waals surface area contributed by atoms with Crippen LogP contribution in [0.25, 0.3) is 0 Å². The van der Waals surface area contributed by atoms with Crippen molar-refractivity contribution >= 4 is 21.6 Å². The minimum absolute atomic E-state index is 0.0857. The Bertz CT molecular complexity index is 893. The van der Waals surface area contributed by atoms with Gasteiger partial charge in [-0.05, 0) is 63.1 Å². The van der Waals surface area contributed by atoms with E-state index in [2.05, 4.69) is 10.0 Å². The first kappa shape index (κ1) is 20.8. The highest BCUT2D eigenvalue weighted by molar-refractivity contribution is 7.92. The van der Waals surface area contributed by atoms with Gasteiger partial charge in [0.1, 0.15) is 5.75 Å². The first-order chi connectivity index (χ1) is 12.7. The third kappa shape index (κ3) is 5.99. The average Bonchev–Trinajstić information content (AvgIpc) is 2.62. The van der Waals surface area contributed by atoms with E-state index in [1.165, 1.54) is 12.1 Å². The second-order valence-electron chi connectivity index (χ2n) is 6.56. The molecule has 1 amide bonds. The first-order valence-corrected chi connectivity index (χ1v) is 10.3. The van der Waals surface area contributed by atoms with Gasteiger partial charge in [0.25, 0.3) is 15.9 Å². The lowest BCUT2D eigenvalue weighted by Crippen LogP contribution is -2.35. The lowest BCUT2D eigenvalue weighted by Gasteiger charge is -2.14. The minimum atomic E-state index is -3.70. The topological polar surface area (TPSA) is 84.5 Å². The van der Waals surface area contributed by atoms with Gasteiger partial charge in [0.2, 0.25) is 0 Å². The molecule has 0 saturated heterocycles. The third-order valence-corrected chi connectivity index (χ3v) is 5.52. The zero-order valence-electron chi connectivity index (χ0n) is 16.1. The summed E-state index contributed by atoms with van der Waals surface area (Å²) in [6.45, 7) is 7.47. The first-order valence-electron chi connectivity index (χ1n) is 8.83. The fourth-order valence-electron chi connectivity index (χ4n) is 2.35. The van der Waals surface area contributed by atoms with Crippen molar-refractivity contribution in [3.05, 3.63) is 53.6 Å². The number of sulfonamides is 1. The minimum Gasteiger partial charge on any atom is -0.484 e. The molecule has 0 bridgehead atoms. The molecule has 0 aliphatic heterocycles. The van der Waals surface area contributed by atoms with Crippen LogP contribution in [0.1, 0.15) is 31.4 Å². The van der Waals surface area contributed by atoms with Gasteiger partial charge in [-0.25, -0.2) is 8.42 Å². The molecule has 6 nitrogen and oxygen atoms in total. The zero-order chi connectivity index (χ0) is 20.0. The summed E-state index contributed by atoms with van der Waals surface area (Å²) in [6, 6.07) is 11.7. The van der Waals surface area contributed by atoms with Gasteiger partial charge in [-0.15, -0.1) is 0 Å². The summed E-state index contributed by atoms with van der Waals surface area (Å²) in [4.78, 5) is 11.9. The predicted octanol–water partition coefficient (Wildman–Crippen LogP) is 3.40. The van der Waals surface area contributed by atoms with Crippen molar-refractivity contribution < 1.29 is 17.9 Å². The normalized spacial score (nSPS) is 12.3. The Morgan fingerprint density at radius 2 is 1.78 bits per heavy atom. The molecule has 2 aromatic rings. The smallest absolute Gasteiger partial charge is 0.261 e. The molecule has 7 heteroatoms. The molecular weight excluding hydrogens is 364 g/mol. The number of nitrogens with one attached hydrogen (secondary N) is 2. The number of hydrogen-bond acceptors (Lipinski definition) is 4. The summed E-state index contributed by atoms with van der Waals surface area (Å²) < 4.78 is 33.2. The van der Waals surface area contributed by atoms with Gasteiger partial charge in [-0.3, -0.25) is 9.52 Å². The number of anilines is 1. The van der Waals surface area contributed by atoms with Crippen LogP contribution in [0, 0.1) is 13.8 Å². The lowest BCUT2D eigenvalue weighted by molar-refractivity contribution is -0.123. The van der Waals surface area contributed by atoms with E-state index in [-0.39, 0.29) is 23.5 Å². The highest BCUT2D eigenvalue weighted by Crippen LogP contribution is 2.23. The van der Waals surface area contributed by atoms with Crippen molar-refractivity contribution in [2.24, 2.45) is 0 Å². The Kier molecular flexibility index (Phi) is 6.85. The van der Waals surface area contributed by atoms with Gasteiger partial charge in [-0.1, -0.05) is 24.6 Å². The van der Waals surface area contributed by atoms with Gasteiger partial charge in [-0.2, -0.15) is 0 Å². The van der Waals surface area contributed by atoms with Crippen molar-refractivity contribution in [3.63, 3.8) is 0 Å². The molecule has 0 fully saturated rings. The third-order valence-electron chi connectivity index (χ3n) is 4.14. The maximum atomic E-state index is 12.6. The van der Waals surface area contributed by atoms with E-state index >= 15 is 0 Å². The number of carbonyl (C=O) groups is 1. The van der Waals surface area contributed by atoms with Crippen LogP contribution in [0.3, 0.4) is 0 Å². The van der Waals surface area contributed by atoms with Crippen LogP contribution in [0.15, 0.2) is 47.4 Å². The number of aryl methyl sites for hydroxylation is 2. The molecule has 0 aromatic heterocycles. The molecule has 0 radical (unpaired) electrons. The molecule has 0 spiro atoms. The van der Waals surface area contributed by atoms with E-state index in [1.54, 1.807) is 25.1 Å². The summed E-state index contributed by atoms with van der Waals surface area (Å²) in [5.41, 5.74) is 2.19. The highest BCUT2D eigenvalue weighted by Gasteiger charge is 2.16. The molecule has 0 unspecified atom stereocenters. The van der Waals surface area contributed by atoms with E-state index in [9.17, 15) is 13.2 Å². The lowest BCUT2D eigenvalue weighted by atomic mass is 10.2. The van der Waals surface area contributed by atoms with Crippen LogP contribution in [0.2, 0.25) is 0 Å². The van der Waals surface area contributed by atoms with Crippen LogP contribution in [-0.4, -0.2) is 27.0 Å². The summed E-state index contributed by atoms with van der Waals surface area (Å²) in [6.07, 6.45) is 0.839. The molecule has 0 aliphatic carbocycles. The van der Waals surface area contributed by atoms with Gasteiger partial charge >= 0.3 is 0 Å². The second-order valence-corrected chi connectivity index (χ2v) is 8.25. The maximum absolute atomic E-state index is 12.6. The van der Waals surface area contributed by atoms with Crippen LogP contribution >= 0.6 is 0 Å². The second kappa shape index (κ2) is 8.90. The zero-order valence-corrected chi connectivity index (χ0v) is 16.9. The number of benzene rings is 2. The highest BCUT2D eigenvalue weighted by atomic mass is 32.2. The molecule has 2 rings (SSSR count). The Morgan fingerprint density at radius 3 is 2.37 bits per heavy atom. The van der Waals surface area contributed by atoms with E-state index in [4.69, 9.17) is 4.74 Å². The van der Waals surface area contributed by atoms with Gasteiger partial charge in [0, 0.05) is 11.7 Å². The average molecular weight is 391 g/mol. The van der Waals surface area contributed by atoms with Gasteiger partial charge < -0.3 is 10.1 Å². The predicted molar refractivity (Wildman–Crippen MR) is 107 cm³/mol. The Balaban J connectivity index is 2.06. The summed E-state index contributed by atoms with van der Waals surface area (Å²) >= 11 is 0. The van der Waals surface area contributed by atoms with Crippen LogP contribution in [0.4, 0.5) is 5.69 Å². The number of amides is 1. The van der Waals surface area contributed by atoms with E-state index in [0.717, 1.165) is 12.0 Å². The number of rotatable bonds is 8. The van der Waals surface area contributed by atoms with Crippen LogP contribution in [-0.2, 0) is 14.8 Å². The van der Waals surface area contributed by atoms with Crippen LogP contribution < -0.4 is 14.8 Å². The Hall–Kier alpha value is -2.54. The Labute approximate surface area is 161 Å². The summed E-state index contributed by atoms with van der Waals surface area (Å²) in [5.74, 6) is 0.269. The van der Waals surface area contributed by atoms with Crippen molar-refractivity contribution in [2.45, 2.75) is 45.1 Å². The van der Waals surface area contributed by atoms with E-state index in [1.807, 2.05) is 32.9 Å². The monoisotopic (exact) mass is 390 g/mol. The molecule has 2 N–H and O–H groups in total. The molecule has 146 valence electrons. The maximum Gasteiger partial charge on any atom is 0.261 e. The SMILES string of the molecule is CC[C@@H](C)NC(=O)COc1ccc(S(=O)(=O)Nc2ccc(C)cc2)cc1C. The number of hydrogen-bond donors (Lipinski definition) is 2. The van der Waals surface area contributed by atoms with Crippen molar-refractivity contribution in [3.8, 4) is 5.75 Å². The molecular formula is C20H26N2O4S. The fraction of sp³-hybridized carbons (Fsp3) is 0.350. The van der Waals surface area contributed by atoms with Crippen molar-refractivity contribution in [1.82, 2.24) is 5.32 Å². The summed E-state index contributed by atoms with van der Waals surface area (Å²) in [7, 11) is -3.70. The van der Waals surface area contributed by atoms with E-state index in [0.29, 0.717) is 17.0 Å². The van der Waals surface area contributed by atoms with E-state index < -0.39 is 10.0 Å². The molecule has 0 saturated carbocycles. The quantitative estimate of drug-likeness (QED) is 0.723. The molecule has 2 aromatic carbocycles. The molecule has 0 heterocycles. The molecule has 27 heavy (non-hydrogen) atoms. The van der Waals surface area contributed by atoms with Crippen molar-refractivity contribution in [2.75, 3.05) is 11.3 Å². The van der Waals surface area contributed by atoms with Crippen LogP contribution in [0.5, 0.6) is 5.75 Å².